The Hall–Kier alpha value is -1.32. The number of amides is 1. The first kappa shape index (κ1) is 7.34. The van der Waals surface area contributed by atoms with E-state index in [9.17, 15) is 4.79 Å². The van der Waals surface area contributed by atoms with Crippen LogP contribution in [-0.2, 0) is 0 Å². The van der Waals surface area contributed by atoms with Crippen LogP contribution in [0.3, 0.4) is 0 Å². The summed E-state index contributed by atoms with van der Waals surface area (Å²) in [6.45, 7) is 0. The highest BCUT2D eigenvalue weighted by Gasteiger charge is 2.26. The third-order valence-corrected chi connectivity index (χ3v) is 2.03. The molecule has 1 aromatic heterocycles. The van der Waals surface area contributed by atoms with E-state index in [0.717, 1.165) is 5.82 Å². The van der Waals surface area contributed by atoms with Gasteiger partial charge in [-0.3, -0.25) is 4.79 Å². The molecule has 0 saturated heterocycles. The summed E-state index contributed by atoms with van der Waals surface area (Å²) in [6, 6.07) is 0. The van der Waals surface area contributed by atoms with Gasteiger partial charge in [-0.25, -0.2) is 4.98 Å². The van der Waals surface area contributed by atoms with Gasteiger partial charge < -0.3 is 10.3 Å². The van der Waals surface area contributed by atoms with Gasteiger partial charge in [0.15, 0.2) is 0 Å². The maximum absolute atomic E-state index is 11.1. The summed E-state index contributed by atoms with van der Waals surface area (Å²) in [5.41, 5.74) is 0.555. The average Bonchev–Trinajstić information content (AvgIpc) is 2.83. The van der Waals surface area contributed by atoms with Crippen LogP contribution in [0.25, 0.3) is 0 Å². The molecule has 12 heavy (non-hydrogen) atoms. The Kier molecular flexibility index (Phi) is 1.60. The van der Waals surface area contributed by atoms with Crippen LogP contribution in [-0.4, -0.2) is 22.9 Å². The predicted molar refractivity (Wildman–Crippen MR) is 44.0 cm³/mol. The Bertz CT molecular complexity index is 301. The second-order valence-corrected chi connectivity index (χ2v) is 3.04. The lowest BCUT2D eigenvalue weighted by molar-refractivity contribution is 0.0958. The fourth-order valence-electron chi connectivity index (χ4n) is 1.15. The summed E-state index contributed by atoms with van der Waals surface area (Å²) in [6.07, 6.45) is 3.98. The molecule has 1 amide bonds. The zero-order valence-electron chi connectivity index (χ0n) is 6.92. The van der Waals surface area contributed by atoms with Crippen molar-refractivity contribution in [2.75, 3.05) is 7.05 Å². The molecule has 0 aromatic carbocycles. The number of rotatable bonds is 2. The van der Waals surface area contributed by atoms with Crippen molar-refractivity contribution in [2.24, 2.45) is 0 Å². The molecule has 0 radical (unpaired) electrons. The number of hydrogen-bond acceptors (Lipinski definition) is 2. The number of hydrogen-bond donors (Lipinski definition) is 2. The van der Waals surface area contributed by atoms with Gasteiger partial charge in [-0.2, -0.15) is 0 Å². The number of aromatic amines is 1. The molecular formula is C8H11N3O. The highest BCUT2D eigenvalue weighted by Crippen LogP contribution is 2.37. The van der Waals surface area contributed by atoms with Gasteiger partial charge in [0, 0.05) is 13.0 Å². The lowest BCUT2D eigenvalue weighted by Gasteiger charge is -1.92. The molecule has 0 bridgehead atoms. The molecule has 2 N–H and O–H groups in total. The molecule has 1 aromatic rings. The van der Waals surface area contributed by atoms with Gasteiger partial charge in [-0.05, 0) is 12.8 Å². The zero-order chi connectivity index (χ0) is 8.55. The lowest BCUT2D eigenvalue weighted by Crippen LogP contribution is -2.18. The van der Waals surface area contributed by atoms with Crippen LogP contribution in [0.5, 0.6) is 0 Å². The fraction of sp³-hybridized carbons (Fsp3) is 0.500. The van der Waals surface area contributed by atoms with E-state index < -0.39 is 0 Å². The average molecular weight is 165 g/mol. The van der Waals surface area contributed by atoms with E-state index in [2.05, 4.69) is 15.3 Å². The molecule has 1 aliphatic carbocycles. The molecule has 0 aliphatic heterocycles. The Balaban J connectivity index is 2.17. The molecule has 64 valence electrons. The monoisotopic (exact) mass is 165 g/mol. The number of carbonyl (C=O) groups excluding carboxylic acids is 1. The van der Waals surface area contributed by atoms with Crippen molar-refractivity contribution in [1.29, 1.82) is 0 Å². The van der Waals surface area contributed by atoms with Crippen molar-refractivity contribution < 1.29 is 4.79 Å². The molecule has 4 heteroatoms. The highest BCUT2D eigenvalue weighted by molar-refractivity contribution is 5.91. The van der Waals surface area contributed by atoms with Crippen LogP contribution in [0, 0.1) is 0 Å². The molecule has 4 nitrogen and oxygen atoms in total. The number of H-pyrrole nitrogens is 1. The van der Waals surface area contributed by atoms with E-state index in [1.165, 1.54) is 12.8 Å². The summed E-state index contributed by atoms with van der Waals surface area (Å²) in [7, 11) is 1.61. The van der Waals surface area contributed by atoms with Crippen LogP contribution in [0.2, 0.25) is 0 Å². The van der Waals surface area contributed by atoms with Crippen molar-refractivity contribution in [3.05, 3.63) is 17.7 Å². The molecule has 0 spiro atoms. The third kappa shape index (κ3) is 1.20. The molecule has 1 saturated carbocycles. The Morgan fingerprint density at radius 3 is 3.08 bits per heavy atom. The molecule has 1 fully saturated rings. The molecular weight excluding hydrogens is 154 g/mol. The minimum absolute atomic E-state index is 0.102. The Morgan fingerprint density at radius 2 is 2.50 bits per heavy atom. The predicted octanol–water partition coefficient (Wildman–Crippen LogP) is 0.647. The second kappa shape index (κ2) is 2.62. The molecule has 1 aliphatic rings. The topological polar surface area (TPSA) is 57.8 Å². The number of carbonyl (C=O) groups is 1. The van der Waals surface area contributed by atoms with E-state index in [-0.39, 0.29) is 5.91 Å². The zero-order valence-corrected chi connectivity index (χ0v) is 6.92. The molecule has 0 unspecified atom stereocenters. The summed E-state index contributed by atoms with van der Waals surface area (Å²) in [5, 5.41) is 2.54. The van der Waals surface area contributed by atoms with Gasteiger partial charge in [-0.15, -0.1) is 0 Å². The van der Waals surface area contributed by atoms with Crippen molar-refractivity contribution >= 4 is 5.91 Å². The van der Waals surface area contributed by atoms with E-state index in [1.807, 2.05) is 0 Å². The van der Waals surface area contributed by atoms with Gasteiger partial charge in [0.05, 0.1) is 6.20 Å². The maximum Gasteiger partial charge on any atom is 0.269 e. The van der Waals surface area contributed by atoms with E-state index in [4.69, 9.17) is 0 Å². The van der Waals surface area contributed by atoms with Crippen molar-refractivity contribution in [3.63, 3.8) is 0 Å². The number of nitrogens with zero attached hydrogens (tertiary/aromatic N) is 1. The summed E-state index contributed by atoms with van der Waals surface area (Å²) in [5.74, 6) is 1.42. The number of aromatic nitrogens is 2. The first-order valence-electron chi connectivity index (χ1n) is 4.08. The highest BCUT2D eigenvalue weighted by atomic mass is 16.1. The van der Waals surface area contributed by atoms with Crippen molar-refractivity contribution in [1.82, 2.24) is 15.3 Å². The van der Waals surface area contributed by atoms with Gasteiger partial charge in [0.1, 0.15) is 11.5 Å². The van der Waals surface area contributed by atoms with Gasteiger partial charge in [0.2, 0.25) is 0 Å². The maximum atomic E-state index is 11.1. The smallest absolute Gasteiger partial charge is 0.269 e. The van der Waals surface area contributed by atoms with E-state index >= 15 is 0 Å². The molecule has 1 heterocycles. The minimum Gasteiger partial charge on any atom is -0.354 e. The van der Waals surface area contributed by atoms with E-state index in [1.54, 1.807) is 13.2 Å². The van der Waals surface area contributed by atoms with Crippen LogP contribution in [0.15, 0.2) is 6.20 Å². The first-order chi connectivity index (χ1) is 5.81. The third-order valence-electron chi connectivity index (χ3n) is 2.03. The number of nitrogens with one attached hydrogen (secondary N) is 2. The van der Waals surface area contributed by atoms with Crippen LogP contribution >= 0.6 is 0 Å². The summed E-state index contributed by atoms with van der Waals surface area (Å²) < 4.78 is 0. The van der Waals surface area contributed by atoms with Crippen LogP contribution in [0.4, 0.5) is 0 Å². The largest absolute Gasteiger partial charge is 0.354 e. The Labute approximate surface area is 70.4 Å². The second-order valence-electron chi connectivity index (χ2n) is 3.04. The van der Waals surface area contributed by atoms with Gasteiger partial charge >= 0.3 is 0 Å². The minimum atomic E-state index is -0.102. The first-order valence-corrected chi connectivity index (χ1v) is 4.08. The molecule has 0 atom stereocenters. The Morgan fingerprint density at radius 1 is 1.75 bits per heavy atom. The number of imidazole rings is 1. The van der Waals surface area contributed by atoms with Crippen LogP contribution in [0.1, 0.15) is 35.1 Å². The van der Waals surface area contributed by atoms with Gasteiger partial charge in [0.25, 0.3) is 5.91 Å². The van der Waals surface area contributed by atoms with Crippen molar-refractivity contribution in [3.8, 4) is 0 Å². The summed E-state index contributed by atoms with van der Waals surface area (Å²) >= 11 is 0. The normalized spacial score (nSPS) is 16.1. The van der Waals surface area contributed by atoms with Crippen LogP contribution < -0.4 is 5.32 Å². The standard InChI is InChI=1S/C8H11N3O/c1-9-8(12)6-4-10-7(11-6)5-2-3-5/h4-5H,2-3H2,1H3,(H,9,12)(H,10,11). The lowest BCUT2D eigenvalue weighted by atomic mass is 10.4. The quantitative estimate of drug-likeness (QED) is 0.675. The molecule has 2 rings (SSSR count). The summed E-state index contributed by atoms with van der Waals surface area (Å²) in [4.78, 5) is 18.2. The van der Waals surface area contributed by atoms with Gasteiger partial charge in [-0.1, -0.05) is 0 Å². The fourth-order valence-corrected chi connectivity index (χ4v) is 1.15. The SMILES string of the molecule is CNC(=O)c1cnc(C2CC2)[nH]1. The van der Waals surface area contributed by atoms with Crippen molar-refractivity contribution in [2.45, 2.75) is 18.8 Å². The van der Waals surface area contributed by atoms with E-state index in [0.29, 0.717) is 11.6 Å².